The maximum atomic E-state index is 12.2. The zero-order valence-corrected chi connectivity index (χ0v) is 12.7. The van der Waals surface area contributed by atoms with E-state index in [4.69, 9.17) is 5.73 Å². The summed E-state index contributed by atoms with van der Waals surface area (Å²) in [5.41, 5.74) is 5.45. The van der Waals surface area contributed by atoms with Gasteiger partial charge in [0.05, 0.1) is 5.54 Å². The maximum Gasteiger partial charge on any atom is 0.237 e. The van der Waals surface area contributed by atoms with Crippen molar-refractivity contribution in [2.24, 2.45) is 17.6 Å². The average Bonchev–Trinajstić information content (AvgIpc) is 3.27. The van der Waals surface area contributed by atoms with E-state index < -0.39 is 0 Å². The fourth-order valence-electron chi connectivity index (χ4n) is 4.53. The first-order valence-corrected chi connectivity index (χ1v) is 8.77. The summed E-state index contributed by atoms with van der Waals surface area (Å²) in [6.07, 6.45) is 15.0. The predicted octanol–water partition coefficient (Wildman–Crippen LogP) is 3.12. The average molecular weight is 278 g/mol. The molecule has 0 aromatic rings. The minimum absolute atomic E-state index is 0.0907. The van der Waals surface area contributed by atoms with Gasteiger partial charge in [0.2, 0.25) is 5.91 Å². The van der Waals surface area contributed by atoms with Gasteiger partial charge in [-0.3, -0.25) is 4.79 Å². The van der Waals surface area contributed by atoms with E-state index in [1.807, 2.05) is 0 Å². The summed E-state index contributed by atoms with van der Waals surface area (Å²) >= 11 is 0. The summed E-state index contributed by atoms with van der Waals surface area (Å²) < 4.78 is 0. The van der Waals surface area contributed by atoms with Gasteiger partial charge in [0.25, 0.3) is 0 Å². The van der Waals surface area contributed by atoms with E-state index in [9.17, 15) is 4.79 Å². The number of primary amides is 1. The van der Waals surface area contributed by atoms with Gasteiger partial charge in [-0.15, -0.1) is 0 Å². The van der Waals surface area contributed by atoms with Crippen LogP contribution in [0.5, 0.6) is 0 Å². The third-order valence-corrected chi connectivity index (χ3v) is 5.89. The van der Waals surface area contributed by atoms with Crippen LogP contribution in [0.1, 0.15) is 77.0 Å². The van der Waals surface area contributed by atoms with Crippen LogP contribution in [0.3, 0.4) is 0 Å². The van der Waals surface area contributed by atoms with Crippen LogP contribution in [0.2, 0.25) is 0 Å². The first-order valence-electron chi connectivity index (χ1n) is 8.77. The molecule has 2 unspecified atom stereocenters. The molecule has 3 aliphatic rings. The van der Waals surface area contributed by atoms with E-state index >= 15 is 0 Å². The Morgan fingerprint density at radius 3 is 2.20 bits per heavy atom. The summed E-state index contributed by atoms with van der Waals surface area (Å²) in [7, 11) is 0. The molecule has 3 heteroatoms. The van der Waals surface area contributed by atoms with Gasteiger partial charge in [-0.05, 0) is 50.4 Å². The fourth-order valence-corrected chi connectivity index (χ4v) is 4.53. The maximum absolute atomic E-state index is 12.2. The van der Waals surface area contributed by atoms with Crippen LogP contribution in [0.25, 0.3) is 0 Å². The van der Waals surface area contributed by atoms with Crippen molar-refractivity contribution in [2.75, 3.05) is 0 Å². The van der Waals surface area contributed by atoms with Gasteiger partial charge in [-0.1, -0.05) is 38.5 Å². The van der Waals surface area contributed by atoms with Crippen molar-refractivity contribution >= 4 is 5.91 Å². The van der Waals surface area contributed by atoms with E-state index in [1.54, 1.807) is 0 Å². The van der Waals surface area contributed by atoms with Gasteiger partial charge in [0, 0.05) is 6.04 Å². The fraction of sp³-hybridized carbons (Fsp3) is 0.941. The minimum Gasteiger partial charge on any atom is -0.368 e. The highest BCUT2D eigenvalue weighted by Gasteiger charge is 2.46. The molecular formula is C17H30N2O. The van der Waals surface area contributed by atoms with Crippen LogP contribution >= 0.6 is 0 Å². The van der Waals surface area contributed by atoms with Crippen molar-refractivity contribution in [1.29, 1.82) is 0 Å². The van der Waals surface area contributed by atoms with E-state index in [1.165, 1.54) is 64.2 Å². The van der Waals surface area contributed by atoms with Gasteiger partial charge in [-0.25, -0.2) is 0 Å². The molecule has 3 fully saturated rings. The van der Waals surface area contributed by atoms with Crippen LogP contribution < -0.4 is 11.1 Å². The summed E-state index contributed by atoms with van der Waals surface area (Å²) in [6.45, 7) is 0. The standard InChI is InChI=1S/C17H30N2O/c18-16(20)17(19-15-7-3-1-2-4-8-15)11-5-6-14(12-17)13-9-10-13/h13-15,19H,1-12H2,(H2,18,20). The lowest BCUT2D eigenvalue weighted by molar-refractivity contribution is -0.127. The molecule has 0 heterocycles. The van der Waals surface area contributed by atoms with Crippen molar-refractivity contribution in [3.63, 3.8) is 0 Å². The summed E-state index contributed by atoms with van der Waals surface area (Å²) in [5, 5.41) is 3.75. The van der Waals surface area contributed by atoms with Gasteiger partial charge >= 0.3 is 0 Å². The molecule has 0 saturated heterocycles. The highest BCUT2D eigenvalue weighted by Crippen LogP contribution is 2.46. The second kappa shape index (κ2) is 6.05. The third-order valence-electron chi connectivity index (χ3n) is 5.89. The van der Waals surface area contributed by atoms with Gasteiger partial charge in [-0.2, -0.15) is 0 Å². The Kier molecular flexibility index (Phi) is 4.34. The van der Waals surface area contributed by atoms with Crippen molar-refractivity contribution < 1.29 is 4.79 Å². The zero-order chi connectivity index (χ0) is 14.0. The molecule has 2 atom stereocenters. The van der Waals surface area contributed by atoms with Crippen molar-refractivity contribution in [3.8, 4) is 0 Å². The largest absolute Gasteiger partial charge is 0.368 e. The van der Waals surface area contributed by atoms with Crippen LogP contribution in [-0.2, 0) is 4.79 Å². The molecule has 3 saturated carbocycles. The number of nitrogens with two attached hydrogens (primary N) is 1. The lowest BCUT2D eigenvalue weighted by Crippen LogP contribution is -2.60. The number of amides is 1. The number of carbonyl (C=O) groups is 1. The minimum atomic E-state index is -0.388. The molecule has 3 aliphatic carbocycles. The Morgan fingerprint density at radius 2 is 1.60 bits per heavy atom. The molecular weight excluding hydrogens is 248 g/mol. The Morgan fingerprint density at radius 1 is 0.900 bits per heavy atom. The quantitative estimate of drug-likeness (QED) is 0.776. The lowest BCUT2D eigenvalue weighted by Gasteiger charge is -2.42. The monoisotopic (exact) mass is 278 g/mol. The molecule has 0 radical (unpaired) electrons. The SMILES string of the molecule is NC(=O)C1(NC2CCCCCC2)CCCC(C2CC2)C1. The van der Waals surface area contributed by atoms with Gasteiger partial charge < -0.3 is 11.1 Å². The summed E-state index contributed by atoms with van der Waals surface area (Å²) in [6, 6.07) is 0.517. The zero-order valence-electron chi connectivity index (χ0n) is 12.7. The van der Waals surface area contributed by atoms with Crippen molar-refractivity contribution in [2.45, 2.75) is 88.6 Å². The molecule has 20 heavy (non-hydrogen) atoms. The molecule has 0 bridgehead atoms. The predicted molar refractivity (Wildman–Crippen MR) is 81.2 cm³/mol. The number of nitrogens with one attached hydrogen (secondary N) is 1. The van der Waals surface area contributed by atoms with Crippen LogP contribution in [0.15, 0.2) is 0 Å². The normalized spacial score (nSPS) is 36.5. The van der Waals surface area contributed by atoms with E-state index in [2.05, 4.69) is 5.32 Å². The van der Waals surface area contributed by atoms with Gasteiger partial charge in [0.1, 0.15) is 0 Å². The molecule has 0 spiro atoms. The Labute approximate surface area is 123 Å². The lowest BCUT2D eigenvalue weighted by atomic mass is 9.72. The number of rotatable bonds is 4. The first kappa shape index (κ1) is 14.4. The van der Waals surface area contributed by atoms with Crippen LogP contribution in [0, 0.1) is 11.8 Å². The molecule has 0 aliphatic heterocycles. The summed E-state index contributed by atoms with van der Waals surface area (Å²) in [4.78, 5) is 12.2. The van der Waals surface area contributed by atoms with E-state index in [-0.39, 0.29) is 11.4 Å². The van der Waals surface area contributed by atoms with E-state index in [0.29, 0.717) is 6.04 Å². The Balaban J connectivity index is 1.67. The molecule has 0 aromatic heterocycles. The smallest absolute Gasteiger partial charge is 0.237 e. The second-order valence-corrected chi connectivity index (χ2v) is 7.47. The van der Waals surface area contributed by atoms with Gasteiger partial charge in [0.15, 0.2) is 0 Å². The number of carbonyl (C=O) groups excluding carboxylic acids is 1. The second-order valence-electron chi connectivity index (χ2n) is 7.47. The number of hydrogen-bond donors (Lipinski definition) is 2. The van der Waals surface area contributed by atoms with Crippen molar-refractivity contribution in [3.05, 3.63) is 0 Å². The molecule has 0 aromatic carbocycles. The highest BCUT2D eigenvalue weighted by atomic mass is 16.1. The third kappa shape index (κ3) is 3.19. The van der Waals surface area contributed by atoms with E-state index in [0.717, 1.165) is 24.7 Å². The molecule has 114 valence electrons. The molecule has 3 N–H and O–H groups in total. The van der Waals surface area contributed by atoms with Crippen LogP contribution in [-0.4, -0.2) is 17.5 Å². The molecule has 3 rings (SSSR count). The first-order chi connectivity index (χ1) is 9.70. The summed E-state index contributed by atoms with van der Waals surface area (Å²) in [5.74, 6) is 1.55. The highest BCUT2D eigenvalue weighted by molar-refractivity contribution is 5.84. The topological polar surface area (TPSA) is 55.1 Å². The van der Waals surface area contributed by atoms with Crippen molar-refractivity contribution in [1.82, 2.24) is 5.32 Å². The van der Waals surface area contributed by atoms with Crippen LogP contribution in [0.4, 0.5) is 0 Å². The number of hydrogen-bond acceptors (Lipinski definition) is 2. The Hall–Kier alpha value is -0.570. The molecule has 3 nitrogen and oxygen atoms in total. The molecule has 1 amide bonds. The Bertz CT molecular complexity index is 345.